The fourth-order valence-corrected chi connectivity index (χ4v) is 0.883. The monoisotopic (exact) mass is 168 g/mol. The molecule has 5 nitrogen and oxygen atoms in total. The molecule has 0 radical (unpaired) electrons. The quantitative estimate of drug-likeness (QED) is 0.623. The lowest BCUT2D eigenvalue weighted by molar-refractivity contribution is -0.139. The summed E-state index contributed by atoms with van der Waals surface area (Å²) in [6, 6.07) is -0.997. The number of aromatic amines is 1. The van der Waals surface area contributed by atoms with Gasteiger partial charge >= 0.3 is 11.7 Å². The van der Waals surface area contributed by atoms with Crippen LogP contribution >= 0.6 is 0 Å². The molecular weight excluding hydrogens is 160 g/mol. The van der Waals surface area contributed by atoms with Crippen molar-refractivity contribution in [2.24, 2.45) is 0 Å². The number of H-pyrrole nitrogens is 1. The summed E-state index contributed by atoms with van der Waals surface area (Å²) in [7, 11) is 0. The summed E-state index contributed by atoms with van der Waals surface area (Å²) in [5.74, 6) is -1.10. The van der Waals surface area contributed by atoms with Crippen molar-refractivity contribution in [1.82, 2.24) is 9.55 Å². The molecule has 0 aromatic carbocycles. The first-order chi connectivity index (χ1) is 5.66. The van der Waals surface area contributed by atoms with Crippen LogP contribution in [0.4, 0.5) is 0 Å². The molecule has 0 saturated heterocycles. The highest BCUT2D eigenvalue weighted by Crippen LogP contribution is 2.02. The molecule has 0 saturated carbocycles. The van der Waals surface area contributed by atoms with Crippen molar-refractivity contribution >= 4 is 5.97 Å². The molecule has 0 aliphatic rings. The second kappa shape index (κ2) is 3.08. The van der Waals surface area contributed by atoms with Crippen LogP contribution in [0.5, 0.6) is 0 Å². The summed E-state index contributed by atoms with van der Waals surface area (Å²) in [5.41, 5.74) is -0.456. The number of hydrogen-bond acceptors (Lipinski definition) is 2. The molecule has 1 aromatic heterocycles. The highest BCUT2D eigenvalue weighted by atomic mass is 16.4. The number of aliphatic carboxylic acids is 1. The van der Waals surface area contributed by atoms with Crippen molar-refractivity contribution in [2.45, 2.75) is 6.04 Å². The van der Waals surface area contributed by atoms with Crippen molar-refractivity contribution in [3.05, 3.63) is 35.5 Å². The number of hydrogen-bond donors (Lipinski definition) is 2. The maximum atomic E-state index is 10.9. The molecule has 2 N–H and O–H groups in total. The predicted octanol–water partition coefficient (Wildman–Crippen LogP) is -0.0119. The first-order valence-electron chi connectivity index (χ1n) is 3.27. The molecule has 1 heterocycles. The zero-order chi connectivity index (χ0) is 9.14. The number of carboxylic acid groups (broad SMARTS) is 1. The minimum absolute atomic E-state index is 0.456. The standard InChI is InChI=1S/C7H8N2O3/c1-2-5(6(10)11)9-4-3-8-7(9)12/h2-5H,1H2,(H,8,12)(H,10,11). The number of nitrogens with zero attached hydrogens (tertiary/aromatic N) is 1. The summed E-state index contributed by atoms with van der Waals surface area (Å²) >= 11 is 0. The van der Waals surface area contributed by atoms with Crippen molar-refractivity contribution in [2.75, 3.05) is 0 Å². The third-order valence-corrected chi connectivity index (χ3v) is 1.45. The molecule has 0 aliphatic heterocycles. The summed E-state index contributed by atoms with van der Waals surface area (Å²) in [6.45, 7) is 3.32. The second-order valence-corrected chi connectivity index (χ2v) is 2.19. The van der Waals surface area contributed by atoms with Gasteiger partial charge in [-0.3, -0.25) is 4.57 Å². The van der Waals surface area contributed by atoms with Gasteiger partial charge in [-0.1, -0.05) is 6.08 Å². The van der Waals surface area contributed by atoms with E-state index in [9.17, 15) is 9.59 Å². The molecule has 0 spiro atoms. The van der Waals surface area contributed by atoms with Crippen molar-refractivity contribution in [3.8, 4) is 0 Å². The minimum atomic E-state index is -1.10. The fraction of sp³-hybridized carbons (Fsp3) is 0.143. The van der Waals surface area contributed by atoms with Crippen LogP contribution in [-0.4, -0.2) is 20.6 Å². The number of imidazole rings is 1. The van der Waals surface area contributed by atoms with Crippen LogP contribution in [0, 0.1) is 0 Å². The van der Waals surface area contributed by atoms with Gasteiger partial charge < -0.3 is 10.1 Å². The van der Waals surface area contributed by atoms with Gasteiger partial charge in [0.25, 0.3) is 0 Å². The Hall–Kier alpha value is -1.78. The zero-order valence-electron chi connectivity index (χ0n) is 6.23. The summed E-state index contributed by atoms with van der Waals surface area (Å²) in [6.07, 6.45) is 3.93. The van der Waals surface area contributed by atoms with Gasteiger partial charge in [-0.15, -0.1) is 6.58 Å². The molecule has 1 aromatic rings. The summed E-state index contributed by atoms with van der Waals surface area (Å²) < 4.78 is 1.05. The van der Waals surface area contributed by atoms with Crippen LogP contribution in [0.15, 0.2) is 29.8 Å². The average molecular weight is 168 g/mol. The topological polar surface area (TPSA) is 75.1 Å². The lowest BCUT2D eigenvalue weighted by Crippen LogP contribution is -2.25. The average Bonchev–Trinajstić information content (AvgIpc) is 2.38. The molecule has 5 heteroatoms. The van der Waals surface area contributed by atoms with Crippen LogP contribution < -0.4 is 5.69 Å². The minimum Gasteiger partial charge on any atom is -0.479 e. The van der Waals surface area contributed by atoms with E-state index in [4.69, 9.17) is 5.11 Å². The number of nitrogens with one attached hydrogen (secondary N) is 1. The Kier molecular flexibility index (Phi) is 2.14. The second-order valence-electron chi connectivity index (χ2n) is 2.19. The number of carboxylic acids is 1. The molecule has 0 bridgehead atoms. The van der Waals surface area contributed by atoms with Crippen molar-refractivity contribution in [1.29, 1.82) is 0 Å². The van der Waals surface area contributed by atoms with Gasteiger partial charge in [0.05, 0.1) is 0 Å². The Labute approximate surface area is 68.0 Å². The maximum Gasteiger partial charge on any atom is 0.330 e. The summed E-state index contributed by atoms with van der Waals surface area (Å²) in [5, 5.41) is 8.62. The Morgan fingerprint density at radius 1 is 1.83 bits per heavy atom. The van der Waals surface area contributed by atoms with E-state index >= 15 is 0 Å². The van der Waals surface area contributed by atoms with E-state index in [1.807, 2.05) is 0 Å². The largest absolute Gasteiger partial charge is 0.479 e. The van der Waals surface area contributed by atoms with Crippen molar-refractivity contribution < 1.29 is 9.90 Å². The van der Waals surface area contributed by atoms with E-state index < -0.39 is 17.7 Å². The SMILES string of the molecule is C=CC(C(=O)O)n1cc[nH]c1=O. The first-order valence-corrected chi connectivity index (χ1v) is 3.27. The molecule has 0 amide bonds. The van der Waals surface area contributed by atoms with Crippen LogP contribution in [0.2, 0.25) is 0 Å². The van der Waals surface area contributed by atoms with Gasteiger partial charge in [0.2, 0.25) is 0 Å². The molecule has 0 fully saturated rings. The summed E-state index contributed by atoms with van der Waals surface area (Å²) in [4.78, 5) is 23.8. The van der Waals surface area contributed by atoms with E-state index in [1.165, 1.54) is 18.5 Å². The predicted molar refractivity (Wildman–Crippen MR) is 41.9 cm³/mol. The van der Waals surface area contributed by atoms with Gasteiger partial charge in [0.1, 0.15) is 0 Å². The van der Waals surface area contributed by atoms with Crippen molar-refractivity contribution in [3.63, 3.8) is 0 Å². The van der Waals surface area contributed by atoms with Crippen LogP contribution in [0.25, 0.3) is 0 Å². The molecule has 1 atom stereocenters. The van der Waals surface area contributed by atoms with Crippen LogP contribution in [0.1, 0.15) is 6.04 Å². The van der Waals surface area contributed by atoms with E-state index in [2.05, 4.69) is 11.6 Å². The van der Waals surface area contributed by atoms with E-state index in [0.29, 0.717) is 0 Å². The van der Waals surface area contributed by atoms with Gasteiger partial charge in [-0.2, -0.15) is 0 Å². The molecular formula is C7H8N2O3. The third kappa shape index (κ3) is 1.29. The van der Waals surface area contributed by atoms with Crippen LogP contribution in [-0.2, 0) is 4.79 Å². The number of rotatable bonds is 3. The normalized spacial score (nSPS) is 12.3. The smallest absolute Gasteiger partial charge is 0.330 e. The van der Waals surface area contributed by atoms with Gasteiger partial charge in [0.15, 0.2) is 6.04 Å². The Balaban J connectivity index is 3.11. The van der Waals surface area contributed by atoms with Crippen LogP contribution in [0.3, 0.4) is 0 Å². The Bertz CT molecular complexity index is 350. The van der Waals surface area contributed by atoms with E-state index in [1.54, 1.807) is 0 Å². The third-order valence-electron chi connectivity index (χ3n) is 1.45. The van der Waals surface area contributed by atoms with E-state index in [-0.39, 0.29) is 0 Å². The van der Waals surface area contributed by atoms with Gasteiger partial charge in [0, 0.05) is 12.4 Å². The number of carbonyl (C=O) groups is 1. The highest BCUT2D eigenvalue weighted by Gasteiger charge is 2.16. The molecule has 1 unspecified atom stereocenters. The first kappa shape index (κ1) is 8.32. The van der Waals surface area contributed by atoms with E-state index in [0.717, 1.165) is 4.57 Å². The molecule has 1 rings (SSSR count). The molecule has 12 heavy (non-hydrogen) atoms. The Morgan fingerprint density at radius 3 is 2.83 bits per heavy atom. The molecule has 64 valence electrons. The Morgan fingerprint density at radius 2 is 2.50 bits per heavy atom. The molecule has 0 aliphatic carbocycles. The highest BCUT2D eigenvalue weighted by molar-refractivity contribution is 5.73. The van der Waals surface area contributed by atoms with Gasteiger partial charge in [-0.05, 0) is 0 Å². The maximum absolute atomic E-state index is 10.9. The zero-order valence-corrected chi connectivity index (χ0v) is 6.23. The van der Waals surface area contributed by atoms with Gasteiger partial charge in [-0.25, -0.2) is 9.59 Å². The lowest BCUT2D eigenvalue weighted by Gasteiger charge is -2.05. The lowest BCUT2D eigenvalue weighted by atomic mass is 10.3. The fourth-order valence-electron chi connectivity index (χ4n) is 0.883. The number of aromatic nitrogens is 2.